The number of alkyl halides is 6. The largest absolute Gasteiger partial charge is 0.480 e. The highest BCUT2D eigenvalue weighted by atomic mass is 19.4. The topological polar surface area (TPSA) is 153 Å². The average Bonchev–Trinajstić information content (AvgIpc) is 2.90. The molecule has 0 aliphatic carbocycles. The summed E-state index contributed by atoms with van der Waals surface area (Å²) < 4.78 is 79.9. The summed E-state index contributed by atoms with van der Waals surface area (Å²) in [7, 11) is 0. The molecule has 0 bridgehead atoms. The standard InChI is InChI=1S/C27H25F6N5O4/c28-26(29,30)17-9-5-15(6-10-17)21(16-7-11-18(12-8-16)27(31,32)33)38-14-2-3-19(23(38)40)22(39)37-20(24(41)42)4-1-13-36-25(34)35/h2-3,5-12,14,20-21H,1,4,13H2,(H,37,39)(H,41,42)(H4,34,35,36)/t20-/m0/s1. The Kier molecular flexibility index (Phi) is 9.65. The van der Waals surface area contributed by atoms with Crippen LogP contribution in [0.25, 0.3) is 0 Å². The van der Waals surface area contributed by atoms with Crippen LogP contribution >= 0.6 is 0 Å². The normalized spacial score (nSPS) is 12.5. The number of hydrogen-bond donors (Lipinski definition) is 4. The van der Waals surface area contributed by atoms with Crippen molar-refractivity contribution in [2.24, 2.45) is 16.5 Å². The molecule has 3 aromatic rings. The van der Waals surface area contributed by atoms with E-state index in [1.807, 2.05) is 0 Å². The van der Waals surface area contributed by atoms with Crippen molar-refractivity contribution >= 4 is 17.8 Å². The molecular weight excluding hydrogens is 572 g/mol. The van der Waals surface area contributed by atoms with Gasteiger partial charge in [-0.2, -0.15) is 26.3 Å². The van der Waals surface area contributed by atoms with Crippen LogP contribution in [0.5, 0.6) is 0 Å². The molecule has 0 aliphatic rings. The Morgan fingerprint density at radius 1 is 0.881 bits per heavy atom. The number of hydrogen-bond acceptors (Lipinski definition) is 4. The first kappa shape index (κ1) is 31.7. The van der Waals surface area contributed by atoms with E-state index in [1.165, 1.54) is 12.3 Å². The lowest BCUT2D eigenvalue weighted by Crippen LogP contribution is -2.43. The Morgan fingerprint density at radius 2 is 1.38 bits per heavy atom. The summed E-state index contributed by atoms with van der Waals surface area (Å²) in [5.74, 6) is -2.65. The third kappa shape index (κ3) is 7.89. The fourth-order valence-corrected chi connectivity index (χ4v) is 4.11. The summed E-state index contributed by atoms with van der Waals surface area (Å²) in [6, 6.07) is 7.04. The number of pyridine rings is 1. The number of rotatable bonds is 10. The Morgan fingerprint density at radius 3 is 1.81 bits per heavy atom. The maximum atomic E-state index is 13.5. The summed E-state index contributed by atoms with van der Waals surface area (Å²) in [6.45, 7) is 0.0854. The number of aromatic nitrogens is 1. The van der Waals surface area contributed by atoms with Gasteiger partial charge in [0.2, 0.25) is 0 Å². The van der Waals surface area contributed by atoms with E-state index in [4.69, 9.17) is 11.5 Å². The first-order valence-corrected chi connectivity index (χ1v) is 12.2. The van der Waals surface area contributed by atoms with Crippen LogP contribution in [0.15, 0.2) is 76.6 Å². The van der Waals surface area contributed by atoms with E-state index < -0.39 is 58.6 Å². The predicted molar refractivity (Wildman–Crippen MR) is 140 cm³/mol. The smallest absolute Gasteiger partial charge is 0.416 e. The Balaban J connectivity index is 2.03. The number of carbonyl (C=O) groups is 2. The number of nitrogens with one attached hydrogen (secondary N) is 1. The molecule has 1 amide bonds. The van der Waals surface area contributed by atoms with Crippen molar-refractivity contribution in [1.29, 1.82) is 0 Å². The zero-order valence-corrected chi connectivity index (χ0v) is 21.6. The number of carbonyl (C=O) groups excluding carboxylic acids is 1. The lowest BCUT2D eigenvalue weighted by atomic mass is 9.96. The van der Waals surface area contributed by atoms with E-state index >= 15 is 0 Å². The quantitative estimate of drug-likeness (QED) is 0.121. The van der Waals surface area contributed by atoms with Gasteiger partial charge < -0.3 is 26.5 Å². The third-order valence-electron chi connectivity index (χ3n) is 6.15. The molecule has 3 rings (SSSR count). The molecule has 9 nitrogen and oxygen atoms in total. The van der Waals surface area contributed by atoms with E-state index in [9.17, 15) is 45.8 Å². The van der Waals surface area contributed by atoms with Gasteiger partial charge in [-0.25, -0.2) is 4.79 Å². The van der Waals surface area contributed by atoms with Gasteiger partial charge in [0.25, 0.3) is 11.5 Å². The molecule has 2 aromatic carbocycles. The van der Waals surface area contributed by atoms with Crippen molar-refractivity contribution in [3.05, 3.63) is 105 Å². The van der Waals surface area contributed by atoms with E-state index in [0.29, 0.717) is 0 Å². The van der Waals surface area contributed by atoms with Crippen molar-refractivity contribution in [1.82, 2.24) is 9.88 Å². The molecule has 0 fully saturated rings. The molecule has 15 heteroatoms. The van der Waals surface area contributed by atoms with Crippen molar-refractivity contribution in [3.8, 4) is 0 Å². The van der Waals surface area contributed by atoms with Crippen LogP contribution in [-0.4, -0.2) is 40.1 Å². The molecule has 1 atom stereocenters. The molecule has 0 spiro atoms. The van der Waals surface area contributed by atoms with Crippen molar-refractivity contribution < 1.29 is 41.0 Å². The van der Waals surface area contributed by atoms with Gasteiger partial charge in [0.1, 0.15) is 11.6 Å². The molecule has 1 aromatic heterocycles. The van der Waals surface area contributed by atoms with Crippen LogP contribution < -0.4 is 22.3 Å². The van der Waals surface area contributed by atoms with Crippen LogP contribution in [-0.2, 0) is 17.1 Å². The summed E-state index contributed by atoms with van der Waals surface area (Å²) in [5.41, 5.74) is 7.20. The van der Waals surface area contributed by atoms with Gasteiger partial charge in [-0.15, -0.1) is 0 Å². The van der Waals surface area contributed by atoms with Crippen LogP contribution in [0.2, 0.25) is 0 Å². The van der Waals surface area contributed by atoms with Gasteiger partial charge in [-0.1, -0.05) is 24.3 Å². The minimum atomic E-state index is -4.67. The molecule has 1 heterocycles. The molecule has 0 saturated carbocycles. The van der Waals surface area contributed by atoms with Gasteiger partial charge in [-0.05, 0) is 60.4 Å². The SMILES string of the molecule is NC(N)=NCCC[C@H](NC(=O)c1cccn(C(c2ccc(C(F)(F)F)cc2)c2ccc(C(F)(F)F)cc2)c1=O)C(=O)O. The fraction of sp³-hybridized carbons (Fsp3) is 0.259. The number of benzene rings is 2. The number of amides is 1. The minimum Gasteiger partial charge on any atom is -0.480 e. The monoisotopic (exact) mass is 597 g/mol. The maximum Gasteiger partial charge on any atom is 0.416 e. The number of carboxylic acids is 1. The number of nitrogens with two attached hydrogens (primary N) is 2. The Labute approximate surface area is 234 Å². The Hall–Kier alpha value is -4.82. The second-order valence-corrected chi connectivity index (χ2v) is 9.09. The van der Waals surface area contributed by atoms with Crippen molar-refractivity contribution in [3.63, 3.8) is 0 Å². The molecular formula is C27H25F6N5O4. The lowest BCUT2D eigenvalue weighted by molar-refractivity contribution is -0.139. The predicted octanol–water partition coefficient (Wildman–Crippen LogP) is 3.76. The number of carboxylic acid groups (broad SMARTS) is 1. The van der Waals surface area contributed by atoms with Crippen LogP contribution in [0, 0.1) is 0 Å². The summed E-state index contributed by atoms with van der Waals surface area (Å²) >= 11 is 0. The molecule has 224 valence electrons. The first-order chi connectivity index (χ1) is 19.6. The van der Waals surface area contributed by atoms with Crippen LogP contribution in [0.3, 0.4) is 0 Å². The van der Waals surface area contributed by atoms with Crippen LogP contribution in [0.1, 0.15) is 51.5 Å². The molecule has 42 heavy (non-hydrogen) atoms. The molecule has 6 N–H and O–H groups in total. The highest BCUT2D eigenvalue weighted by molar-refractivity contribution is 5.96. The minimum absolute atomic E-state index is 0.0847. The highest BCUT2D eigenvalue weighted by Crippen LogP contribution is 2.34. The third-order valence-corrected chi connectivity index (χ3v) is 6.15. The molecule has 0 aliphatic heterocycles. The second-order valence-electron chi connectivity index (χ2n) is 9.09. The summed E-state index contributed by atoms with van der Waals surface area (Å²) in [5, 5.41) is 11.7. The van der Waals surface area contributed by atoms with Crippen molar-refractivity contribution in [2.45, 2.75) is 37.3 Å². The fourth-order valence-electron chi connectivity index (χ4n) is 4.11. The van der Waals surface area contributed by atoms with Crippen molar-refractivity contribution in [2.75, 3.05) is 6.54 Å². The number of guanidine groups is 1. The zero-order chi connectivity index (χ0) is 31.2. The summed E-state index contributed by atoms with van der Waals surface area (Å²) in [4.78, 5) is 41.9. The average molecular weight is 598 g/mol. The number of aliphatic imine (C=N–C) groups is 1. The zero-order valence-electron chi connectivity index (χ0n) is 21.6. The molecule has 0 radical (unpaired) electrons. The Bertz CT molecular complexity index is 1440. The van der Waals surface area contributed by atoms with E-state index in [1.54, 1.807) is 0 Å². The van der Waals surface area contributed by atoms with E-state index in [2.05, 4.69) is 10.3 Å². The van der Waals surface area contributed by atoms with E-state index in [-0.39, 0.29) is 36.5 Å². The number of aliphatic carboxylic acids is 1. The number of halogens is 6. The molecule has 0 unspecified atom stereocenters. The lowest BCUT2D eigenvalue weighted by Gasteiger charge is -2.23. The highest BCUT2D eigenvalue weighted by Gasteiger charge is 2.32. The number of nitrogens with zero attached hydrogens (tertiary/aromatic N) is 2. The van der Waals surface area contributed by atoms with Gasteiger partial charge in [0.05, 0.1) is 17.2 Å². The van der Waals surface area contributed by atoms with Gasteiger partial charge in [-0.3, -0.25) is 14.6 Å². The second kappa shape index (κ2) is 12.8. The molecule has 0 saturated heterocycles. The maximum absolute atomic E-state index is 13.5. The van der Waals surface area contributed by atoms with Crippen LogP contribution in [0.4, 0.5) is 26.3 Å². The summed E-state index contributed by atoms with van der Waals surface area (Å²) in [6.07, 6.45) is -8.03. The van der Waals surface area contributed by atoms with Gasteiger partial charge in [0, 0.05) is 12.7 Å². The van der Waals surface area contributed by atoms with Gasteiger partial charge in [0.15, 0.2) is 5.96 Å². The first-order valence-electron chi connectivity index (χ1n) is 12.2. The van der Waals surface area contributed by atoms with E-state index in [0.717, 1.165) is 59.2 Å². The van der Waals surface area contributed by atoms with Gasteiger partial charge >= 0.3 is 18.3 Å².